The third kappa shape index (κ3) is 3.40. The number of aryl methyl sites for hydroxylation is 1. The number of nitrogens with zero attached hydrogens (tertiary/aromatic N) is 4. The van der Waals surface area contributed by atoms with Crippen molar-refractivity contribution in [3.05, 3.63) is 41.6 Å². The first-order valence-electron chi connectivity index (χ1n) is 12.1. The van der Waals surface area contributed by atoms with Crippen molar-refractivity contribution in [3.8, 4) is 11.1 Å². The molecule has 2 aliphatic heterocycles. The molecule has 1 amide bonds. The summed E-state index contributed by atoms with van der Waals surface area (Å²) in [4.78, 5) is 24.8. The number of nitrogen functional groups attached to an aromatic ring is 1. The molecule has 1 aliphatic carbocycles. The smallest absolute Gasteiger partial charge is 0.413 e. The number of carboxylic acid groups (broad SMARTS) is 1. The van der Waals surface area contributed by atoms with E-state index in [9.17, 15) is 9.90 Å². The fourth-order valence-corrected chi connectivity index (χ4v) is 6.35. The van der Waals surface area contributed by atoms with Crippen LogP contribution >= 0.6 is 0 Å². The van der Waals surface area contributed by atoms with Gasteiger partial charge < -0.3 is 21.1 Å². The number of hydrogen-bond acceptors (Lipinski definition) is 6. The van der Waals surface area contributed by atoms with Crippen molar-refractivity contribution < 1.29 is 14.3 Å². The lowest BCUT2D eigenvalue weighted by Crippen LogP contribution is -2.66. The van der Waals surface area contributed by atoms with E-state index < -0.39 is 11.9 Å². The van der Waals surface area contributed by atoms with Crippen LogP contribution in [-0.4, -0.2) is 58.8 Å². The van der Waals surface area contributed by atoms with Crippen molar-refractivity contribution >= 4 is 34.1 Å². The number of pyridine rings is 2. The summed E-state index contributed by atoms with van der Waals surface area (Å²) in [6.45, 7) is 4.83. The predicted molar refractivity (Wildman–Crippen MR) is 134 cm³/mol. The average molecular weight is 477 g/mol. The molecule has 3 aromatic rings. The van der Waals surface area contributed by atoms with Crippen LogP contribution in [0.4, 0.5) is 26.4 Å². The highest BCUT2D eigenvalue weighted by Gasteiger charge is 2.54. The van der Waals surface area contributed by atoms with Crippen LogP contribution in [0.2, 0.25) is 0 Å². The number of halogens is 1. The number of carbonyl (C=O) groups is 1. The zero-order chi connectivity index (χ0) is 24.5. The molecule has 182 valence electrons. The molecule has 0 radical (unpaired) electrons. The van der Waals surface area contributed by atoms with Crippen LogP contribution in [0.3, 0.4) is 0 Å². The Morgan fingerprint density at radius 1 is 1.26 bits per heavy atom. The maximum Gasteiger partial charge on any atom is 0.413 e. The van der Waals surface area contributed by atoms with Gasteiger partial charge in [0.25, 0.3) is 0 Å². The second kappa shape index (κ2) is 7.78. The topological polar surface area (TPSA) is 108 Å². The van der Waals surface area contributed by atoms with Gasteiger partial charge in [0.05, 0.1) is 17.1 Å². The number of rotatable bonds is 3. The van der Waals surface area contributed by atoms with E-state index in [1.807, 2.05) is 6.92 Å². The second-order valence-electron chi connectivity index (χ2n) is 10.5. The largest absolute Gasteiger partial charge is 0.465 e. The van der Waals surface area contributed by atoms with Gasteiger partial charge in [0.2, 0.25) is 0 Å². The van der Waals surface area contributed by atoms with E-state index in [0.717, 1.165) is 62.3 Å². The van der Waals surface area contributed by atoms with E-state index in [1.165, 1.54) is 11.1 Å². The highest BCUT2D eigenvalue weighted by molar-refractivity contribution is 5.99. The molecule has 9 heteroatoms. The molecule has 3 aliphatic rings. The molecule has 2 fully saturated rings. The first kappa shape index (κ1) is 22.0. The summed E-state index contributed by atoms with van der Waals surface area (Å²) >= 11 is 0. The van der Waals surface area contributed by atoms with Gasteiger partial charge in [0.1, 0.15) is 5.82 Å². The first-order valence-corrected chi connectivity index (χ1v) is 12.1. The Labute approximate surface area is 203 Å². The maximum absolute atomic E-state index is 15.5. The summed E-state index contributed by atoms with van der Waals surface area (Å²) in [5.41, 5.74) is 10.4. The number of anilines is 3. The summed E-state index contributed by atoms with van der Waals surface area (Å²) in [5.74, 6) is -0.172. The molecule has 1 aromatic carbocycles. The third-order valence-corrected chi connectivity index (χ3v) is 7.95. The molecular formula is C26H29FN6O2. The Morgan fingerprint density at radius 3 is 2.74 bits per heavy atom. The lowest BCUT2D eigenvalue weighted by molar-refractivity contribution is -0.0569. The molecule has 0 atom stereocenters. The first-order chi connectivity index (χ1) is 16.8. The lowest BCUT2D eigenvalue weighted by atomic mass is 9.60. The number of nitrogens with one attached hydrogen (secondary N) is 1. The van der Waals surface area contributed by atoms with Gasteiger partial charge in [-0.25, -0.2) is 14.2 Å². The van der Waals surface area contributed by atoms with Gasteiger partial charge in [-0.3, -0.25) is 9.88 Å². The maximum atomic E-state index is 15.5. The number of aromatic nitrogens is 2. The van der Waals surface area contributed by atoms with Gasteiger partial charge in [-0.1, -0.05) is 0 Å². The molecular weight excluding hydrogens is 447 g/mol. The van der Waals surface area contributed by atoms with Crippen molar-refractivity contribution in [2.75, 3.05) is 42.6 Å². The van der Waals surface area contributed by atoms with Gasteiger partial charge in [-0.2, -0.15) is 0 Å². The molecule has 1 spiro atoms. The fraction of sp³-hybridized carbons (Fsp3) is 0.423. The summed E-state index contributed by atoms with van der Waals surface area (Å²) in [7, 11) is 2.08. The molecule has 4 heterocycles. The van der Waals surface area contributed by atoms with Gasteiger partial charge in [0.15, 0.2) is 5.82 Å². The zero-order valence-electron chi connectivity index (χ0n) is 19.9. The van der Waals surface area contributed by atoms with Crippen LogP contribution in [0.1, 0.15) is 30.5 Å². The number of fused-ring (bicyclic) bond motifs is 2. The van der Waals surface area contributed by atoms with Crippen LogP contribution in [0.15, 0.2) is 24.5 Å². The molecule has 6 rings (SSSR count). The fourth-order valence-electron chi connectivity index (χ4n) is 6.35. The van der Waals surface area contributed by atoms with Crippen molar-refractivity contribution in [1.82, 2.24) is 14.9 Å². The van der Waals surface area contributed by atoms with E-state index in [4.69, 9.17) is 5.73 Å². The van der Waals surface area contributed by atoms with E-state index >= 15 is 4.39 Å². The van der Waals surface area contributed by atoms with Crippen molar-refractivity contribution in [3.63, 3.8) is 0 Å². The van der Waals surface area contributed by atoms with E-state index in [-0.39, 0.29) is 17.1 Å². The minimum atomic E-state index is -1.03. The molecule has 0 unspecified atom stereocenters. The highest BCUT2D eigenvalue weighted by Crippen LogP contribution is 2.50. The van der Waals surface area contributed by atoms with Crippen LogP contribution in [0, 0.1) is 18.2 Å². The number of nitrogens with two attached hydrogens (primary N) is 1. The number of benzene rings is 1. The molecule has 2 aromatic heterocycles. The zero-order valence-corrected chi connectivity index (χ0v) is 19.9. The minimum Gasteiger partial charge on any atom is -0.465 e. The molecule has 0 bridgehead atoms. The summed E-state index contributed by atoms with van der Waals surface area (Å²) in [6, 6.07) is 3.33. The SMILES string of the molecule is Cc1c(-c2cc3cc(N(C(=O)O)C4CC5(C4)CN(C)C5)ncc3c(N)c2F)cnc2c1NCCC2. The molecule has 35 heavy (non-hydrogen) atoms. The van der Waals surface area contributed by atoms with Gasteiger partial charge in [-0.05, 0) is 68.2 Å². The number of likely N-dealkylation sites (tertiary alicyclic amines) is 1. The Bertz CT molecular complexity index is 1360. The van der Waals surface area contributed by atoms with Crippen LogP contribution in [-0.2, 0) is 6.42 Å². The summed E-state index contributed by atoms with van der Waals surface area (Å²) < 4.78 is 15.5. The Morgan fingerprint density at radius 2 is 2.03 bits per heavy atom. The standard InChI is InChI=1S/C26H29FN6O2/c1-14-18(10-30-20-4-3-5-29-24(14)20)17-6-15-7-21(31-11-19(15)23(28)22(17)27)33(25(34)35)16-8-26(9-16)12-32(2)13-26/h6-7,10-11,16,29H,3-5,8-9,12-13,28H2,1-2H3,(H,34,35). The van der Waals surface area contributed by atoms with Gasteiger partial charge in [-0.15, -0.1) is 0 Å². The van der Waals surface area contributed by atoms with Crippen LogP contribution in [0.25, 0.3) is 21.9 Å². The quantitative estimate of drug-likeness (QED) is 0.485. The van der Waals surface area contributed by atoms with Crippen molar-refractivity contribution in [2.45, 2.75) is 38.6 Å². The normalized spacial score (nSPS) is 19.1. The third-order valence-electron chi connectivity index (χ3n) is 7.95. The van der Waals surface area contributed by atoms with E-state index in [1.54, 1.807) is 18.3 Å². The molecule has 8 nitrogen and oxygen atoms in total. The van der Waals surface area contributed by atoms with Crippen molar-refractivity contribution in [1.29, 1.82) is 0 Å². The monoisotopic (exact) mass is 476 g/mol. The predicted octanol–water partition coefficient (Wildman–Crippen LogP) is 4.26. The van der Waals surface area contributed by atoms with Crippen molar-refractivity contribution in [2.24, 2.45) is 5.41 Å². The van der Waals surface area contributed by atoms with E-state index in [2.05, 4.69) is 27.2 Å². The molecule has 4 N–H and O–H groups in total. The lowest BCUT2D eigenvalue weighted by Gasteiger charge is -2.59. The van der Waals surface area contributed by atoms with Crippen LogP contribution < -0.4 is 16.0 Å². The Balaban J connectivity index is 1.40. The highest BCUT2D eigenvalue weighted by atomic mass is 19.1. The summed E-state index contributed by atoms with van der Waals surface area (Å²) in [6.07, 6.45) is 5.73. The van der Waals surface area contributed by atoms with Gasteiger partial charge >= 0.3 is 6.09 Å². The van der Waals surface area contributed by atoms with Crippen LogP contribution in [0.5, 0.6) is 0 Å². The summed E-state index contributed by atoms with van der Waals surface area (Å²) in [5, 5.41) is 14.5. The molecule has 1 saturated carbocycles. The van der Waals surface area contributed by atoms with E-state index in [0.29, 0.717) is 27.7 Å². The van der Waals surface area contributed by atoms with Gasteiger partial charge in [0, 0.05) is 54.6 Å². The second-order valence-corrected chi connectivity index (χ2v) is 10.5. The Hall–Kier alpha value is -3.46. The number of hydrogen-bond donors (Lipinski definition) is 3. The average Bonchev–Trinajstić information content (AvgIpc) is 2.79. The number of amides is 1. The molecule has 1 saturated heterocycles. The minimum absolute atomic E-state index is 0.00334. The Kier molecular flexibility index (Phi) is 4.90.